The lowest BCUT2D eigenvalue weighted by molar-refractivity contribution is -0.141. The molecule has 4 nitrogen and oxygen atoms in total. The second-order valence-corrected chi connectivity index (χ2v) is 5.69. The zero-order valence-electron chi connectivity index (χ0n) is 10.4. The fourth-order valence-electron chi connectivity index (χ4n) is 3.14. The summed E-state index contributed by atoms with van der Waals surface area (Å²) < 4.78 is 38.2. The predicted molar refractivity (Wildman–Crippen MR) is 66.5 cm³/mol. The molecule has 0 aromatic carbocycles. The third-order valence-corrected chi connectivity index (χ3v) is 4.29. The van der Waals surface area contributed by atoms with Gasteiger partial charge in [-0.3, -0.25) is 0 Å². The SMILES string of the molecule is OC1CCC2CN(c3cc(C(F)(F)F)nc(Cl)n3)CC12. The first-order chi connectivity index (χ1) is 9.34. The molecule has 1 aliphatic carbocycles. The number of rotatable bonds is 1. The lowest BCUT2D eigenvalue weighted by Gasteiger charge is -2.20. The highest BCUT2D eigenvalue weighted by atomic mass is 35.5. The summed E-state index contributed by atoms with van der Waals surface area (Å²) in [6.07, 6.45) is -3.25. The van der Waals surface area contributed by atoms with E-state index >= 15 is 0 Å². The zero-order valence-corrected chi connectivity index (χ0v) is 11.2. The van der Waals surface area contributed by atoms with Gasteiger partial charge in [0.25, 0.3) is 0 Å². The number of aromatic nitrogens is 2. The van der Waals surface area contributed by atoms with Gasteiger partial charge in [-0.25, -0.2) is 9.97 Å². The van der Waals surface area contributed by atoms with Crippen LogP contribution in [0, 0.1) is 11.8 Å². The number of alkyl halides is 3. The van der Waals surface area contributed by atoms with E-state index in [-0.39, 0.29) is 17.8 Å². The summed E-state index contributed by atoms with van der Waals surface area (Å²) in [5.74, 6) is 0.602. The van der Waals surface area contributed by atoms with E-state index in [1.54, 1.807) is 4.90 Å². The van der Waals surface area contributed by atoms with Gasteiger partial charge in [-0.15, -0.1) is 0 Å². The molecule has 8 heteroatoms. The lowest BCUT2D eigenvalue weighted by atomic mass is 10.00. The van der Waals surface area contributed by atoms with Crippen LogP contribution in [-0.4, -0.2) is 34.3 Å². The number of aliphatic hydroxyl groups excluding tert-OH is 1. The van der Waals surface area contributed by atoms with Gasteiger partial charge in [0, 0.05) is 25.1 Å². The van der Waals surface area contributed by atoms with Crippen molar-refractivity contribution >= 4 is 17.4 Å². The third-order valence-electron chi connectivity index (χ3n) is 4.12. The Balaban J connectivity index is 1.86. The molecule has 3 atom stereocenters. The number of nitrogens with zero attached hydrogens (tertiary/aromatic N) is 3. The molecule has 1 N–H and O–H groups in total. The van der Waals surface area contributed by atoms with Crippen molar-refractivity contribution < 1.29 is 18.3 Å². The highest BCUT2D eigenvalue weighted by Crippen LogP contribution is 2.40. The molecule has 2 fully saturated rings. The minimum atomic E-state index is -4.55. The Labute approximate surface area is 118 Å². The molecular weight excluding hydrogens is 295 g/mol. The van der Waals surface area contributed by atoms with Crippen molar-refractivity contribution in [1.82, 2.24) is 9.97 Å². The Morgan fingerprint density at radius 1 is 1.25 bits per heavy atom. The van der Waals surface area contributed by atoms with Gasteiger partial charge in [0.1, 0.15) is 5.82 Å². The van der Waals surface area contributed by atoms with E-state index < -0.39 is 17.2 Å². The summed E-state index contributed by atoms with van der Waals surface area (Å²) in [6.45, 7) is 1.11. The molecule has 1 aromatic heterocycles. The number of hydrogen-bond donors (Lipinski definition) is 1. The van der Waals surface area contributed by atoms with Gasteiger partial charge >= 0.3 is 6.18 Å². The van der Waals surface area contributed by atoms with Crippen molar-refractivity contribution in [2.24, 2.45) is 11.8 Å². The molecule has 0 bridgehead atoms. The smallest absolute Gasteiger partial charge is 0.393 e. The molecule has 1 aromatic rings. The molecule has 3 rings (SSSR count). The Hall–Kier alpha value is -1.08. The summed E-state index contributed by atoms with van der Waals surface area (Å²) in [5, 5.41) is 9.43. The summed E-state index contributed by atoms with van der Waals surface area (Å²) >= 11 is 5.59. The molecule has 0 spiro atoms. The quantitative estimate of drug-likeness (QED) is 0.809. The Morgan fingerprint density at radius 3 is 2.65 bits per heavy atom. The standard InChI is InChI=1S/C12H13ClF3N3O/c13-11-17-9(12(14,15)16)3-10(18-11)19-4-6-1-2-8(20)7(6)5-19/h3,6-8,20H,1-2,4-5H2. The van der Waals surface area contributed by atoms with Crippen molar-refractivity contribution in [3.8, 4) is 0 Å². The first-order valence-corrected chi connectivity index (χ1v) is 6.77. The first kappa shape index (κ1) is 13.9. The van der Waals surface area contributed by atoms with Crippen LogP contribution in [0.2, 0.25) is 5.28 Å². The molecule has 0 amide bonds. The fraction of sp³-hybridized carbons (Fsp3) is 0.667. The van der Waals surface area contributed by atoms with E-state index in [9.17, 15) is 18.3 Å². The van der Waals surface area contributed by atoms with Gasteiger partial charge in [-0.1, -0.05) is 0 Å². The number of fused-ring (bicyclic) bond motifs is 1. The monoisotopic (exact) mass is 307 g/mol. The molecule has 3 unspecified atom stereocenters. The van der Waals surface area contributed by atoms with Crippen molar-refractivity contribution in [2.45, 2.75) is 25.1 Å². The zero-order chi connectivity index (χ0) is 14.5. The molecule has 1 saturated heterocycles. The topological polar surface area (TPSA) is 49.2 Å². The highest BCUT2D eigenvalue weighted by Gasteiger charge is 2.43. The molecule has 1 saturated carbocycles. The van der Waals surface area contributed by atoms with Crippen LogP contribution >= 0.6 is 11.6 Å². The van der Waals surface area contributed by atoms with Gasteiger partial charge in [-0.05, 0) is 30.4 Å². The predicted octanol–water partition coefficient (Wildman–Crippen LogP) is 2.36. The van der Waals surface area contributed by atoms with Crippen molar-refractivity contribution in [2.75, 3.05) is 18.0 Å². The maximum Gasteiger partial charge on any atom is 0.433 e. The first-order valence-electron chi connectivity index (χ1n) is 6.39. The molecule has 2 heterocycles. The van der Waals surface area contributed by atoms with Gasteiger partial charge in [-0.2, -0.15) is 13.2 Å². The number of halogens is 4. The minimum absolute atomic E-state index is 0.109. The lowest BCUT2D eigenvalue weighted by Crippen LogP contribution is -2.26. The van der Waals surface area contributed by atoms with E-state index in [1.807, 2.05) is 0 Å². The summed E-state index contributed by atoms with van der Waals surface area (Å²) in [5.41, 5.74) is -1.04. The molecule has 110 valence electrons. The van der Waals surface area contributed by atoms with Gasteiger partial charge in [0.05, 0.1) is 6.10 Å². The summed E-state index contributed by atoms with van der Waals surface area (Å²) in [4.78, 5) is 8.85. The maximum absolute atomic E-state index is 12.7. The number of aliphatic hydroxyl groups is 1. The Morgan fingerprint density at radius 2 is 2.00 bits per heavy atom. The van der Waals surface area contributed by atoms with E-state index in [4.69, 9.17) is 11.6 Å². The second kappa shape index (κ2) is 4.73. The van der Waals surface area contributed by atoms with Crippen LogP contribution in [0.3, 0.4) is 0 Å². The van der Waals surface area contributed by atoms with Gasteiger partial charge < -0.3 is 10.0 Å². The molecule has 0 radical (unpaired) electrons. The van der Waals surface area contributed by atoms with Crippen LogP contribution in [0.25, 0.3) is 0 Å². The fourth-order valence-corrected chi connectivity index (χ4v) is 3.31. The average Bonchev–Trinajstić information content (AvgIpc) is 2.90. The van der Waals surface area contributed by atoms with Crippen LogP contribution in [0.1, 0.15) is 18.5 Å². The molecule has 1 aliphatic heterocycles. The van der Waals surface area contributed by atoms with Crippen molar-refractivity contribution in [1.29, 1.82) is 0 Å². The van der Waals surface area contributed by atoms with Gasteiger partial charge in [0.15, 0.2) is 5.69 Å². The van der Waals surface area contributed by atoms with E-state index in [2.05, 4.69) is 9.97 Å². The maximum atomic E-state index is 12.7. The summed E-state index contributed by atoms with van der Waals surface area (Å²) in [6, 6.07) is 0.916. The second-order valence-electron chi connectivity index (χ2n) is 5.35. The third kappa shape index (κ3) is 2.44. The number of hydrogen-bond acceptors (Lipinski definition) is 4. The van der Waals surface area contributed by atoms with Crippen LogP contribution in [0.15, 0.2) is 6.07 Å². The van der Waals surface area contributed by atoms with Crippen LogP contribution in [0.5, 0.6) is 0 Å². The van der Waals surface area contributed by atoms with Crippen LogP contribution in [-0.2, 0) is 6.18 Å². The largest absolute Gasteiger partial charge is 0.433 e. The Bertz CT molecular complexity index is 525. The van der Waals surface area contributed by atoms with Gasteiger partial charge in [0.2, 0.25) is 5.28 Å². The van der Waals surface area contributed by atoms with E-state index in [0.29, 0.717) is 19.0 Å². The minimum Gasteiger partial charge on any atom is -0.393 e. The normalized spacial score (nSPS) is 29.9. The van der Waals surface area contributed by atoms with E-state index in [1.165, 1.54) is 0 Å². The van der Waals surface area contributed by atoms with E-state index in [0.717, 1.165) is 18.9 Å². The highest BCUT2D eigenvalue weighted by molar-refractivity contribution is 6.28. The summed E-state index contributed by atoms with van der Waals surface area (Å²) in [7, 11) is 0. The number of anilines is 1. The van der Waals surface area contributed by atoms with Crippen molar-refractivity contribution in [3.63, 3.8) is 0 Å². The van der Waals surface area contributed by atoms with Crippen LogP contribution < -0.4 is 4.90 Å². The molecule has 20 heavy (non-hydrogen) atoms. The van der Waals surface area contributed by atoms with Crippen LogP contribution in [0.4, 0.5) is 19.0 Å². The average molecular weight is 308 g/mol. The molecular formula is C12H13ClF3N3O. The van der Waals surface area contributed by atoms with Crippen molar-refractivity contribution in [3.05, 3.63) is 17.0 Å². The molecule has 2 aliphatic rings. The Kier molecular flexibility index (Phi) is 3.29.